The number of hydrogen-bond acceptors (Lipinski definition) is 2. The van der Waals surface area contributed by atoms with E-state index in [0.717, 1.165) is 12.1 Å². The number of aryl methyl sites for hydroxylation is 1. The normalized spacial score (nSPS) is 27.4. The summed E-state index contributed by atoms with van der Waals surface area (Å²) in [6.07, 6.45) is 9.51. The van der Waals surface area contributed by atoms with E-state index in [2.05, 4.69) is 41.6 Å². The van der Waals surface area contributed by atoms with Gasteiger partial charge in [0.15, 0.2) is 0 Å². The Kier molecular flexibility index (Phi) is 3.31. The number of nitrogens with zero attached hydrogens (tertiary/aromatic N) is 1. The van der Waals surface area contributed by atoms with E-state index < -0.39 is 0 Å². The molecular formula is C18H26N2. The van der Waals surface area contributed by atoms with E-state index in [4.69, 9.17) is 0 Å². The minimum Gasteiger partial charge on any atom is -0.252 e. The number of rotatable bonds is 5. The van der Waals surface area contributed by atoms with E-state index in [9.17, 15) is 0 Å². The average Bonchev–Trinajstić information content (AvgIpc) is 3.37. The van der Waals surface area contributed by atoms with E-state index in [0.29, 0.717) is 12.0 Å². The Morgan fingerprint density at radius 2 is 1.90 bits per heavy atom. The van der Waals surface area contributed by atoms with Crippen molar-refractivity contribution >= 4 is 0 Å². The summed E-state index contributed by atoms with van der Waals surface area (Å²) in [5.74, 6) is 0.715. The molecule has 0 saturated heterocycles. The minimum atomic E-state index is 0.629. The summed E-state index contributed by atoms with van der Waals surface area (Å²) in [5.41, 5.74) is 7.03. The number of fused-ring (bicyclic) bond motifs is 1. The highest BCUT2D eigenvalue weighted by atomic mass is 15.6. The third kappa shape index (κ3) is 2.51. The first kappa shape index (κ1) is 12.8. The fourth-order valence-electron chi connectivity index (χ4n) is 3.82. The Morgan fingerprint density at radius 3 is 2.65 bits per heavy atom. The van der Waals surface area contributed by atoms with Gasteiger partial charge in [-0.25, -0.2) is 5.01 Å². The van der Waals surface area contributed by atoms with Crippen molar-refractivity contribution in [1.29, 1.82) is 0 Å². The fraction of sp³-hybridized carbons (Fsp3) is 0.667. The summed E-state index contributed by atoms with van der Waals surface area (Å²) in [7, 11) is 0. The average molecular weight is 270 g/mol. The zero-order chi connectivity index (χ0) is 13.5. The van der Waals surface area contributed by atoms with Crippen LogP contribution in [0, 0.1) is 0 Å². The standard InChI is InChI=1S/C18H26N2/c1-13(20(16-11-12-16)19-15-9-10-15)17-8-4-6-14-5-2-3-7-18(14)17/h2-3,5,7,13,15-17,19H,4,6,8-12H2,1H3. The summed E-state index contributed by atoms with van der Waals surface area (Å²) < 4.78 is 0. The Bertz CT molecular complexity index is 476. The van der Waals surface area contributed by atoms with Crippen molar-refractivity contribution in [3.05, 3.63) is 35.4 Å². The summed E-state index contributed by atoms with van der Waals surface area (Å²) in [6, 6.07) is 11.3. The first-order chi connectivity index (χ1) is 9.83. The van der Waals surface area contributed by atoms with Crippen LogP contribution in [0.3, 0.4) is 0 Å². The Labute approximate surface area is 122 Å². The second-order valence-electron chi connectivity index (χ2n) is 6.98. The van der Waals surface area contributed by atoms with Crippen LogP contribution < -0.4 is 5.43 Å². The molecule has 2 atom stereocenters. The molecule has 2 nitrogen and oxygen atoms in total. The fourth-order valence-corrected chi connectivity index (χ4v) is 3.82. The third-order valence-electron chi connectivity index (χ3n) is 5.29. The predicted molar refractivity (Wildman–Crippen MR) is 82.6 cm³/mol. The van der Waals surface area contributed by atoms with Crippen molar-refractivity contribution in [2.24, 2.45) is 0 Å². The predicted octanol–water partition coefficient (Wildman–Crippen LogP) is 3.63. The molecule has 1 N–H and O–H groups in total. The lowest BCUT2D eigenvalue weighted by atomic mass is 9.79. The second kappa shape index (κ2) is 5.16. The van der Waals surface area contributed by atoms with E-state index in [-0.39, 0.29) is 0 Å². The van der Waals surface area contributed by atoms with Crippen molar-refractivity contribution in [2.45, 2.75) is 75.9 Å². The van der Waals surface area contributed by atoms with Gasteiger partial charge in [-0.1, -0.05) is 24.3 Å². The molecule has 108 valence electrons. The van der Waals surface area contributed by atoms with Gasteiger partial charge in [-0.15, -0.1) is 0 Å². The highest BCUT2D eigenvalue weighted by Gasteiger charge is 2.39. The van der Waals surface area contributed by atoms with Crippen LogP contribution in [0.5, 0.6) is 0 Å². The molecule has 3 aliphatic carbocycles. The molecule has 4 rings (SSSR count). The molecule has 3 aliphatic rings. The SMILES string of the molecule is CC(C1CCCc2ccccc21)N(NC1CC1)C1CC1. The molecule has 2 fully saturated rings. The monoisotopic (exact) mass is 270 g/mol. The second-order valence-corrected chi connectivity index (χ2v) is 6.98. The Hall–Kier alpha value is -0.860. The molecule has 0 aromatic heterocycles. The maximum Gasteiger partial charge on any atom is 0.0287 e. The third-order valence-corrected chi connectivity index (χ3v) is 5.29. The molecule has 20 heavy (non-hydrogen) atoms. The zero-order valence-electron chi connectivity index (χ0n) is 12.5. The van der Waals surface area contributed by atoms with Crippen LogP contribution in [0.4, 0.5) is 0 Å². The maximum atomic E-state index is 3.81. The molecule has 0 aliphatic heterocycles. The van der Waals surface area contributed by atoms with E-state index in [1.807, 2.05) is 0 Å². The van der Waals surface area contributed by atoms with Gasteiger partial charge in [0.25, 0.3) is 0 Å². The number of hydrogen-bond donors (Lipinski definition) is 1. The lowest BCUT2D eigenvalue weighted by molar-refractivity contribution is 0.0960. The van der Waals surface area contributed by atoms with Crippen molar-refractivity contribution in [2.75, 3.05) is 0 Å². The maximum absolute atomic E-state index is 3.81. The summed E-state index contributed by atoms with van der Waals surface area (Å²) in [5, 5.41) is 2.63. The lowest BCUT2D eigenvalue weighted by Gasteiger charge is -2.38. The van der Waals surface area contributed by atoms with Crippen LogP contribution >= 0.6 is 0 Å². The van der Waals surface area contributed by atoms with Crippen molar-refractivity contribution in [3.63, 3.8) is 0 Å². The van der Waals surface area contributed by atoms with Gasteiger partial charge < -0.3 is 0 Å². The first-order valence-electron chi connectivity index (χ1n) is 8.45. The van der Waals surface area contributed by atoms with Crippen LogP contribution in [0.1, 0.15) is 62.5 Å². The summed E-state index contributed by atoms with van der Waals surface area (Å²) in [4.78, 5) is 0. The van der Waals surface area contributed by atoms with Gasteiger partial charge in [0, 0.05) is 24.0 Å². The largest absolute Gasteiger partial charge is 0.252 e. The van der Waals surface area contributed by atoms with Crippen LogP contribution in [0.25, 0.3) is 0 Å². The molecule has 0 radical (unpaired) electrons. The van der Waals surface area contributed by atoms with Crippen LogP contribution in [0.2, 0.25) is 0 Å². The topological polar surface area (TPSA) is 15.3 Å². The van der Waals surface area contributed by atoms with Crippen LogP contribution in [-0.4, -0.2) is 23.1 Å². The van der Waals surface area contributed by atoms with E-state index in [1.165, 1.54) is 44.9 Å². The highest BCUT2D eigenvalue weighted by Crippen LogP contribution is 2.39. The van der Waals surface area contributed by atoms with Gasteiger partial charge in [0.1, 0.15) is 0 Å². The van der Waals surface area contributed by atoms with Crippen molar-refractivity contribution < 1.29 is 0 Å². The summed E-state index contributed by atoms with van der Waals surface area (Å²) >= 11 is 0. The molecule has 2 heteroatoms. The van der Waals surface area contributed by atoms with Crippen molar-refractivity contribution in [3.8, 4) is 0 Å². The molecule has 2 saturated carbocycles. The number of hydrazine groups is 1. The quantitative estimate of drug-likeness (QED) is 0.822. The van der Waals surface area contributed by atoms with Crippen LogP contribution in [-0.2, 0) is 6.42 Å². The number of nitrogens with one attached hydrogen (secondary N) is 1. The van der Waals surface area contributed by atoms with Gasteiger partial charge in [-0.05, 0) is 63.0 Å². The molecule has 0 amide bonds. The van der Waals surface area contributed by atoms with Crippen LogP contribution in [0.15, 0.2) is 24.3 Å². The van der Waals surface area contributed by atoms with Gasteiger partial charge in [-0.3, -0.25) is 5.43 Å². The molecule has 0 bridgehead atoms. The van der Waals surface area contributed by atoms with Gasteiger partial charge in [0.2, 0.25) is 0 Å². The molecule has 1 aromatic rings. The smallest absolute Gasteiger partial charge is 0.0287 e. The molecule has 2 unspecified atom stereocenters. The molecule has 0 heterocycles. The van der Waals surface area contributed by atoms with Gasteiger partial charge in [0.05, 0.1) is 0 Å². The first-order valence-corrected chi connectivity index (χ1v) is 8.45. The van der Waals surface area contributed by atoms with Gasteiger partial charge in [-0.2, -0.15) is 0 Å². The Morgan fingerprint density at radius 1 is 1.10 bits per heavy atom. The summed E-state index contributed by atoms with van der Waals surface area (Å²) in [6.45, 7) is 2.44. The minimum absolute atomic E-state index is 0.629. The van der Waals surface area contributed by atoms with E-state index in [1.54, 1.807) is 11.1 Å². The number of benzene rings is 1. The molecule has 1 aromatic carbocycles. The zero-order valence-corrected chi connectivity index (χ0v) is 12.5. The highest BCUT2D eigenvalue weighted by molar-refractivity contribution is 5.33. The molecular weight excluding hydrogens is 244 g/mol. The van der Waals surface area contributed by atoms with E-state index >= 15 is 0 Å². The lowest BCUT2D eigenvalue weighted by Crippen LogP contribution is -2.49. The van der Waals surface area contributed by atoms with Gasteiger partial charge >= 0.3 is 0 Å². The van der Waals surface area contributed by atoms with Crippen molar-refractivity contribution in [1.82, 2.24) is 10.4 Å². The Balaban J connectivity index is 1.56. The molecule has 0 spiro atoms.